The Hall–Kier alpha value is -0.246. The third-order valence-corrected chi connectivity index (χ3v) is 26.5. The monoisotopic (exact) mass is 994 g/mol. The Morgan fingerprint density at radius 3 is 2.19 bits per heavy atom. The highest BCUT2D eigenvalue weighted by molar-refractivity contribution is 14.1. The number of halogens is 1. The normalized spacial score (nSPS) is 29.9. The number of methoxy groups -OCH3 is 1. The van der Waals surface area contributed by atoms with Gasteiger partial charge in [0.25, 0.3) is 0 Å². The molecule has 3 heterocycles. The Balaban J connectivity index is 1.55. The fourth-order valence-electron chi connectivity index (χ4n) is 8.51. The van der Waals surface area contributed by atoms with Gasteiger partial charge in [-0.05, 0) is 92.0 Å². The first kappa shape index (κ1) is 51.4. The van der Waals surface area contributed by atoms with Gasteiger partial charge in [-0.1, -0.05) is 95.8 Å². The smallest absolute Gasteiger partial charge is 0.192 e. The Morgan fingerprint density at radius 1 is 0.966 bits per heavy atom. The van der Waals surface area contributed by atoms with Crippen LogP contribution in [0.3, 0.4) is 0 Å². The van der Waals surface area contributed by atoms with Gasteiger partial charge in [-0.3, -0.25) is 0 Å². The quantitative estimate of drug-likeness (QED) is 0.0532. The van der Waals surface area contributed by atoms with Crippen molar-refractivity contribution in [3.05, 3.63) is 42.5 Å². The van der Waals surface area contributed by atoms with Crippen LogP contribution in [0.5, 0.6) is 0 Å². The molecule has 3 unspecified atom stereocenters. The maximum absolute atomic E-state index is 14.0. The summed E-state index contributed by atoms with van der Waals surface area (Å²) in [6.45, 7) is 29.4. The molecule has 59 heavy (non-hydrogen) atoms. The van der Waals surface area contributed by atoms with Crippen LogP contribution in [0.15, 0.2) is 47.4 Å². The van der Waals surface area contributed by atoms with E-state index >= 15 is 0 Å². The van der Waals surface area contributed by atoms with Gasteiger partial charge in [-0.25, -0.2) is 8.42 Å². The fraction of sp³-hybridized carbons (Fsp3) is 0.822. The van der Waals surface area contributed by atoms with Gasteiger partial charge in [0, 0.05) is 43.3 Å². The van der Waals surface area contributed by atoms with Gasteiger partial charge >= 0.3 is 0 Å². The van der Waals surface area contributed by atoms with Crippen LogP contribution < -0.4 is 0 Å². The minimum Gasteiger partial charge on any atom is -0.414 e. The summed E-state index contributed by atoms with van der Waals surface area (Å²) in [7, 11) is -6.50. The van der Waals surface area contributed by atoms with Crippen molar-refractivity contribution in [1.82, 2.24) is 0 Å². The third kappa shape index (κ3) is 12.9. The van der Waals surface area contributed by atoms with Crippen LogP contribution >= 0.6 is 22.6 Å². The van der Waals surface area contributed by atoms with E-state index in [1.807, 2.05) is 6.07 Å². The molecule has 3 aliphatic rings. The predicted molar refractivity (Wildman–Crippen MR) is 250 cm³/mol. The zero-order chi connectivity index (χ0) is 44.2. The average Bonchev–Trinajstić information content (AvgIpc) is 3.67. The van der Waals surface area contributed by atoms with Crippen LogP contribution in [0.2, 0.25) is 36.3 Å². The van der Waals surface area contributed by atoms with Gasteiger partial charge in [0.1, 0.15) is 5.60 Å². The van der Waals surface area contributed by atoms with Crippen LogP contribution in [-0.2, 0) is 37.6 Å². The Labute approximate surface area is 373 Å². The third-order valence-electron chi connectivity index (χ3n) is 14.3. The SMILES string of the molecule is C=C([C@H](C)C[C@H]1CC[C@@H]2OC(CCCO)C[C@]2(CI)O1)[C@H](O)C[C@@H]1OC(C[C@@H](CO[Si](C)(C)C(C)(C)C)O[Si](C)(C)C(C)(C)C)[C@H](OC)C1CS(=O)(=O)c1ccccc1. The lowest BCUT2D eigenvalue weighted by molar-refractivity contribution is -0.155. The van der Waals surface area contributed by atoms with Crippen LogP contribution in [0.25, 0.3) is 0 Å². The fourth-order valence-corrected chi connectivity index (χ4v) is 13.6. The van der Waals surface area contributed by atoms with Crippen molar-refractivity contribution < 1.29 is 46.4 Å². The molecule has 4 rings (SSSR count). The summed E-state index contributed by atoms with van der Waals surface area (Å²) in [6.07, 6.45) is 2.79. The zero-order valence-electron chi connectivity index (χ0n) is 38.3. The zero-order valence-corrected chi connectivity index (χ0v) is 43.3. The first-order valence-electron chi connectivity index (χ1n) is 21.9. The van der Waals surface area contributed by atoms with E-state index in [4.69, 9.17) is 27.8 Å². The number of sulfone groups is 1. The lowest BCUT2D eigenvalue weighted by Gasteiger charge is -2.42. The molecule has 3 fully saturated rings. The number of benzene rings is 1. The van der Waals surface area contributed by atoms with Crippen LogP contribution in [0, 0.1) is 11.8 Å². The highest BCUT2D eigenvalue weighted by Crippen LogP contribution is 2.46. The molecular weight excluding hydrogens is 916 g/mol. The van der Waals surface area contributed by atoms with Gasteiger partial charge in [-0.2, -0.15) is 0 Å². The molecule has 0 bridgehead atoms. The summed E-state index contributed by atoms with van der Waals surface area (Å²) in [5.74, 6) is -0.788. The maximum atomic E-state index is 14.0. The lowest BCUT2D eigenvalue weighted by Crippen LogP contribution is -2.50. The molecule has 3 saturated heterocycles. The van der Waals surface area contributed by atoms with Crippen molar-refractivity contribution in [2.24, 2.45) is 11.8 Å². The van der Waals surface area contributed by atoms with Gasteiger partial charge < -0.3 is 38.0 Å². The topological polar surface area (TPSA) is 130 Å². The molecule has 14 heteroatoms. The first-order valence-corrected chi connectivity index (χ1v) is 30.9. The molecule has 0 radical (unpaired) electrons. The van der Waals surface area contributed by atoms with Crippen molar-refractivity contribution in [2.45, 2.75) is 195 Å². The van der Waals surface area contributed by atoms with E-state index < -0.39 is 56.8 Å². The molecule has 0 amide bonds. The molecule has 2 N–H and O–H groups in total. The number of alkyl halides is 1. The molecule has 3 aliphatic heterocycles. The summed E-state index contributed by atoms with van der Waals surface area (Å²) in [4.78, 5) is 0.254. The molecule has 0 aliphatic carbocycles. The largest absolute Gasteiger partial charge is 0.414 e. The molecule has 0 spiro atoms. The van der Waals surface area contributed by atoms with Gasteiger partial charge in [0.05, 0.1) is 66.1 Å². The second kappa shape index (κ2) is 20.7. The van der Waals surface area contributed by atoms with E-state index in [1.54, 1.807) is 31.4 Å². The van der Waals surface area contributed by atoms with Crippen LogP contribution in [-0.4, -0.2) is 120 Å². The van der Waals surface area contributed by atoms with E-state index in [0.29, 0.717) is 25.0 Å². The van der Waals surface area contributed by atoms with E-state index in [0.717, 1.165) is 36.5 Å². The molecule has 10 nitrogen and oxygen atoms in total. The number of aliphatic hydroxyl groups excluding tert-OH is 2. The highest BCUT2D eigenvalue weighted by atomic mass is 127. The minimum atomic E-state index is -3.73. The van der Waals surface area contributed by atoms with Crippen molar-refractivity contribution in [1.29, 1.82) is 0 Å². The molecule has 0 aromatic heterocycles. The Bertz CT molecular complexity index is 1600. The molecule has 0 saturated carbocycles. The first-order chi connectivity index (χ1) is 27.3. The van der Waals surface area contributed by atoms with E-state index in [1.165, 1.54) is 0 Å². The van der Waals surface area contributed by atoms with Crippen molar-refractivity contribution >= 4 is 49.1 Å². The van der Waals surface area contributed by atoms with Gasteiger partial charge in [-0.15, -0.1) is 0 Å². The number of rotatable bonds is 21. The van der Waals surface area contributed by atoms with Gasteiger partial charge in [0.2, 0.25) is 0 Å². The van der Waals surface area contributed by atoms with Crippen molar-refractivity contribution in [2.75, 3.05) is 30.5 Å². The summed E-state index contributed by atoms with van der Waals surface area (Å²) >= 11 is 2.42. The molecule has 11 atom stereocenters. The Morgan fingerprint density at radius 2 is 1.61 bits per heavy atom. The summed E-state index contributed by atoms with van der Waals surface area (Å²) in [6, 6.07) is 8.54. The van der Waals surface area contributed by atoms with Crippen LogP contribution in [0.1, 0.15) is 99.8 Å². The standard InChI is InChI=1S/C45H79IO10SSi2/c1-31(24-33-21-22-41-45(30-46,55-33)27-34(53-41)18-17-23-47)32(2)38(48)26-39-37(29-57(49,50)36-19-15-14-16-20-36)42(51-9)40(54-39)25-35(56-59(12,13)44(6,7)8)28-52-58(10,11)43(3,4)5/h14-16,19-20,31,33-35,37-42,47-48H,2,17-18,21-30H2,1,3-13H3/t31-,33-,34?,35+,37?,38-,39+,40?,41+,42-,45-/m1/s1. The average molecular weight is 995 g/mol. The second-order valence-corrected chi connectivity index (χ2v) is 33.1. The maximum Gasteiger partial charge on any atom is 0.192 e. The second-order valence-electron chi connectivity index (χ2n) is 20.8. The number of hydrogen-bond donors (Lipinski definition) is 2. The highest BCUT2D eigenvalue weighted by Gasteiger charge is 2.53. The molecule has 1 aromatic carbocycles. The lowest BCUT2D eigenvalue weighted by atomic mass is 9.83. The summed E-state index contributed by atoms with van der Waals surface area (Å²) in [5.41, 5.74) is 0.347. The van der Waals surface area contributed by atoms with Crippen molar-refractivity contribution in [3.8, 4) is 0 Å². The van der Waals surface area contributed by atoms with Crippen LogP contribution in [0.4, 0.5) is 0 Å². The minimum absolute atomic E-state index is 0.000258. The molecule has 340 valence electrons. The number of fused-ring (bicyclic) bond motifs is 1. The molecule has 1 aromatic rings. The number of aliphatic hydroxyl groups is 2. The van der Waals surface area contributed by atoms with E-state index in [-0.39, 0.29) is 69.7 Å². The van der Waals surface area contributed by atoms with E-state index in [2.05, 4.69) is 104 Å². The van der Waals surface area contributed by atoms with Gasteiger partial charge in [0.15, 0.2) is 26.5 Å². The number of ether oxygens (including phenoxy) is 4. The van der Waals surface area contributed by atoms with E-state index in [9.17, 15) is 18.6 Å². The predicted octanol–water partition coefficient (Wildman–Crippen LogP) is 9.28. The summed E-state index contributed by atoms with van der Waals surface area (Å²) < 4.78 is 69.1. The number of hydrogen-bond acceptors (Lipinski definition) is 10. The Kier molecular flexibility index (Phi) is 18.0. The summed E-state index contributed by atoms with van der Waals surface area (Å²) in [5, 5.41) is 21.3. The molecular formula is C45H79IO10SSi2. The van der Waals surface area contributed by atoms with Crippen molar-refractivity contribution in [3.63, 3.8) is 0 Å².